The van der Waals surface area contributed by atoms with Crippen LogP contribution in [0.2, 0.25) is 0 Å². The molecule has 0 aliphatic carbocycles. The van der Waals surface area contributed by atoms with Crippen molar-refractivity contribution < 1.29 is 14.3 Å². The van der Waals surface area contributed by atoms with Crippen molar-refractivity contribution >= 4 is 12.4 Å². The van der Waals surface area contributed by atoms with E-state index in [1.807, 2.05) is 0 Å². The van der Waals surface area contributed by atoms with Crippen LogP contribution in [0, 0.1) is 5.92 Å². The van der Waals surface area contributed by atoms with Gasteiger partial charge in [-0.3, -0.25) is 4.90 Å². The summed E-state index contributed by atoms with van der Waals surface area (Å²) in [4.78, 5) is 33.0. The van der Waals surface area contributed by atoms with Gasteiger partial charge in [0, 0.05) is 18.4 Å². The first-order valence-electron chi connectivity index (χ1n) is 9.37. The fourth-order valence-electron chi connectivity index (χ4n) is 4.20. The predicted molar refractivity (Wildman–Crippen MR) is 95.7 cm³/mol. The van der Waals surface area contributed by atoms with Gasteiger partial charge in [-0.05, 0) is 63.2 Å². The Morgan fingerprint density at radius 2 is 2.04 bits per heavy atom. The summed E-state index contributed by atoms with van der Waals surface area (Å²) in [6.45, 7) is 3.09. The fraction of sp³-hybridized carbons (Fsp3) is 0.667. The largest absolute Gasteiger partial charge is 0.412 e. The second-order valence-electron chi connectivity index (χ2n) is 7.09. The lowest BCUT2D eigenvalue weighted by atomic mass is 9.83. The van der Waals surface area contributed by atoms with Crippen LogP contribution in [0.25, 0.3) is 0 Å². The Morgan fingerprint density at radius 3 is 2.69 bits per heavy atom. The van der Waals surface area contributed by atoms with Crippen LogP contribution in [0.1, 0.15) is 37.7 Å². The molecule has 3 N–H and O–H groups in total. The zero-order valence-corrected chi connectivity index (χ0v) is 15.0. The van der Waals surface area contributed by atoms with Gasteiger partial charge in [0.05, 0.1) is 6.04 Å². The van der Waals surface area contributed by atoms with E-state index < -0.39 is 6.09 Å². The molecule has 2 saturated heterocycles. The molecular formula is C18H27N5O3. The number of carbonyl (C=O) groups is 2. The first-order valence-corrected chi connectivity index (χ1v) is 9.37. The highest BCUT2D eigenvalue weighted by molar-refractivity contribution is 5.66. The summed E-state index contributed by atoms with van der Waals surface area (Å²) in [5.74, 6) is 0.654. The molecule has 1 aromatic heterocycles. The van der Waals surface area contributed by atoms with E-state index in [-0.39, 0.29) is 12.1 Å². The summed E-state index contributed by atoms with van der Waals surface area (Å²) in [5, 5.41) is 3.42. The number of rotatable bonds is 6. The number of aromatic nitrogens is 2. The molecule has 1 aromatic rings. The average molecular weight is 361 g/mol. The first kappa shape index (κ1) is 18.7. The number of hydrogen-bond donors (Lipinski definition) is 2. The highest BCUT2D eigenvalue weighted by Gasteiger charge is 2.34. The smallest absolute Gasteiger partial charge is 0.374 e. The van der Waals surface area contributed by atoms with E-state index in [4.69, 9.17) is 5.73 Å². The average Bonchev–Trinajstić information content (AvgIpc) is 2.68. The Balaban J connectivity index is 1.67. The molecular weight excluding hydrogens is 334 g/mol. The molecule has 2 aliphatic heterocycles. The van der Waals surface area contributed by atoms with Gasteiger partial charge in [0.15, 0.2) is 0 Å². The lowest BCUT2D eigenvalue weighted by molar-refractivity contribution is -0.114. The summed E-state index contributed by atoms with van der Waals surface area (Å²) in [7, 11) is 0. The van der Waals surface area contributed by atoms with Gasteiger partial charge in [0.1, 0.15) is 6.29 Å². The Morgan fingerprint density at radius 1 is 1.31 bits per heavy atom. The summed E-state index contributed by atoms with van der Waals surface area (Å²) >= 11 is 0. The van der Waals surface area contributed by atoms with Crippen LogP contribution >= 0.6 is 0 Å². The van der Waals surface area contributed by atoms with Crippen LogP contribution in [0.5, 0.6) is 6.01 Å². The number of hydrogen-bond acceptors (Lipinski definition) is 7. The van der Waals surface area contributed by atoms with Crippen molar-refractivity contribution in [2.24, 2.45) is 11.7 Å². The van der Waals surface area contributed by atoms with Crippen LogP contribution in [-0.4, -0.2) is 59.0 Å². The minimum Gasteiger partial charge on any atom is -0.374 e. The third-order valence-corrected chi connectivity index (χ3v) is 5.42. The van der Waals surface area contributed by atoms with Gasteiger partial charge in [-0.15, -0.1) is 0 Å². The topological polar surface area (TPSA) is 110 Å². The molecule has 2 unspecified atom stereocenters. The van der Waals surface area contributed by atoms with Crippen LogP contribution in [0.4, 0.5) is 4.79 Å². The number of likely N-dealkylation sites (tertiary alicyclic amines) is 1. The number of nitrogens with one attached hydrogen (secondary N) is 1. The second kappa shape index (κ2) is 9.05. The van der Waals surface area contributed by atoms with Crippen molar-refractivity contribution in [2.75, 3.05) is 19.6 Å². The third-order valence-electron chi connectivity index (χ3n) is 5.42. The van der Waals surface area contributed by atoms with Gasteiger partial charge in [0.2, 0.25) is 0 Å². The monoisotopic (exact) mass is 361 g/mol. The number of nitrogens with zero attached hydrogens (tertiary/aromatic N) is 3. The molecule has 0 bridgehead atoms. The van der Waals surface area contributed by atoms with Gasteiger partial charge in [0.25, 0.3) is 0 Å². The highest BCUT2D eigenvalue weighted by Crippen LogP contribution is 2.30. The molecule has 1 amide bonds. The van der Waals surface area contributed by atoms with Crippen molar-refractivity contribution in [3.05, 3.63) is 18.0 Å². The van der Waals surface area contributed by atoms with E-state index in [2.05, 4.69) is 24.9 Å². The maximum absolute atomic E-state index is 11.9. The lowest BCUT2D eigenvalue weighted by Crippen LogP contribution is -2.52. The van der Waals surface area contributed by atoms with Gasteiger partial charge < -0.3 is 20.6 Å². The number of aldehydes is 1. The molecule has 0 radical (unpaired) electrons. The molecule has 8 nitrogen and oxygen atoms in total. The minimum absolute atomic E-state index is 0.0746. The Labute approximate surface area is 153 Å². The molecule has 3 heterocycles. The van der Waals surface area contributed by atoms with Gasteiger partial charge in [-0.25, -0.2) is 14.8 Å². The number of piperidine rings is 2. The zero-order chi connectivity index (χ0) is 18.4. The lowest BCUT2D eigenvalue weighted by Gasteiger charge is -2.44. The van der Waals surface area contributed by atoms with Gasteiger partial charge in [-0.2, -0.15) is 0 Å². The molecule has 0 aromatic carbocycles. The minimum atomic E-state index is -0.943. The molecule has 3 rings (SSSR count). The number of amides is 1. The Hall–Kier alpha value is -2.06. The molecule has 26 heavy (non-hydrogen) atoms. The number of nitrogens with two attached hydrogens (primary N) is 1. The van der Waals surface area contributed by atoms with Crippen molar-refractivity contribution in [1.82, 2.24) is 20.2 Å². The molecule has 0 spiro atoms. The van der Waals surface area contributed by atoms with Gasteiger partial charge in [-0.1, -0.05) is 6.42 Å². The predicted octanol–water partition coefficient (Wildman–Crippen LogP) is 0.898. The maximum Gasteiger partial charge on any atom is 0.412 e. The summed E-state index contributed by atoms with van der Waals surface area (Å²) in [5.41, 5.74) is 5.79. The molecule has 8 heteroatoms. The van der Waals surface area contributed by atoms with Crippen LogP contribution in [0.15, 0.2) is 12.4 Å². The van der Waals surface area contributed by atoms with Crippen molar-refractivity contribution in [3.63, 3.8) is 0 Å². The Bertz CT molecular complexity index is 603. The van der Waals surface area contributed by atoms with Crippen LogP contribution in [-0.2, 0) is 11.2 Å². The summed E-state index contributed by atoms with van der Waals surface area (Å²) in [6, 6.07) is 0.218. The molecule has 0 saturated carbocycles. The first-order chi connectivity index (χ1) is 12.7. The molecule has 2 atom stereocenters. The SMILES string of the molecule is NC(=O)Oc1ncc(CC(C=O)N2CCCCC2C2CCNCC2)cn1. The normalized spacial score (nSPS) is 23.3. The standard InChI is InChI=1S/C18H27N5O3/c19-17(25)26-18-21-10-13(11-22-18)9-15(12-24)23-8-2-1-3-16(23)14-4-6-20-7-5-14/h10-12,14-16,20H,1-9H2,(H2,19,25). The van der Waals surface area contributed by atoms with Crippen molar-refractivity contribution in [1.29, 1.82) is 0 Å². The molecule has 2 fully saturated rings. The van der Waals surface area contributed by atoms with E-state index in [0.29, 0.717) is 18.4 Å². The summed E-state index contributed by atoms with van der Waals surface area (Å²) < 4.78 is 4.64. The van der Waals surface area contributed by atoms with Crippen molar-refractivity contribution in [2.45, 2.75) is 50.6 Å². The third kappa shape index (κ3) is 4.76. The quantitative estimate of drug-likeness (QED) is 0.724. The zero-order valence-electron chi connectivity index (χ0n) is 15.0. The summed E-state index contributed by atoms with van der Waals surface area (Å²) in [6.07, 6.45) is 9.72. The van der Waals surface area contributed by atoms with E-state index in [0.717, 1.165) is 44.3 Å². The van der Waals surface area contributed by atoms with Crippen LogP contribution in [0.3, 0.4) is 0 Å². The van der Waals surface area contributed by atoms with E-state index >= 15 is 0 Å². The van der Waals surface area contributed by atoms with Crippen LogP contribution < -0.4 is 15.8 Å². The second-order valence-corrected chi connectivity index (χ2v) is 7.09. The number of ether oxygens (including phenoxy) is 1. The Kier molecular flexibility index (Phi) is 6.51. The molecule has 142 valence electrons. The number of primary amides is 1. The van der Waals surface area contributed by atoms with E-state index in [1.165, 1.54) is 19.3 Å². The number of carbonyl (C=O) groups excluding carboxylic acids is 2. The van der Waals surface area contributed by atoms with Gasteiger partial charge >= 0.3 is 12.1 Å². The highest BCUT2D eigenvalue weighted by atomic mass is 16.6. The maximum atomic E-state index is 11.9. The van der Waals surface area contributed by atoms with E-state index in [9.17, 15) is 9.59 Å². The molecule has 2 aliphatic rings. The van der Waals surface area contributed by atoms with E-state index in [1.54, 1.807) is 12.4 Å². The van der Waals surface area contributed by atoms with Crippen molar-refractivity contribution in [3.8, 4) is 6.01 Å². The fourth-order valence-corrected chi connectivity index (χ4v) is 4.20.